The van der Waals surface area contributed by atoms with E-state index in [9.17, 15) is 12.8 Å². The van der Waals surface area contributed by atoms with Crippen molar-refractivity contribution < 1.29 is 17.4 Å². The number of halogens is 2. The molecular weight excluding hydrogens is 531 g/mol. The fourth-order valence-electron chi connectivity index (χ4n) is 3.90. The lowest BCUT2D eigenvalue weighted by molar-refractivity contribution is 0.490. The summed E-state index contributed by atoms with van der Waals surface area (Å²) in [7, 11) is -3.67. The van der Waals surface area contributed by atoms with E-state index in [-0.39, 0.29) is 10.6 Å². The number of aromatic nitrogens is 5. The molecule has 0 aliphatic heterocycles. The Kier molecular flexibility index (Phi) is 8.10. The maximum absolute atomic E-state index is 14.7. The Hall–Kier alpha value is -3.80. The first-order valence-corrected chi connectivity index (χ1v) is 13.9. The highest BCUT2D eigenvalue weighted by Gasteiger charge is 2.21. The van der Waals surface area contributed by atoms with E-state index in [2.05, 4.69) is 16.9 Å². The zero-order valence-corrected chi connectivity index (χ0v) is 22.3. The van der Waals surface area contributed by atoms with Crippen LogP contribution in [0.1, 0.15) is 19.8 Å². The number of rotatable bonds is 6. The number of unbranched alkanes of at least 4 members (excludes halogenated alkanes) is 1. The van der Waals surface area contributed by atoms with Gasteiger partial charge in [-0.05, 0) is 30.7 Å². The van der Waals surface area contributed by atoms with Crippen LogP contribution in [0.4, 0.5) is 10.3 Å². The summed E-state index contributed by atoms with van der Waals surface area (Å²) < 4.78 is 42.5. The molecule has 0 radical (unpaired) electrons. The molecule has 0 aliphatic carbocycles. The van der Waals surface area contributed by atoms with Crippen molar-refractivity contribution in [1.82, 2.24) is 24.5 Å². The zero-order chi connectivity index (χ0) is 27.4. The van der Waals surface area contributed by atoms with Crippen LogP contribution in [0, 0.1) is 5.82 Å². The number of aromatic amines is 1. The summed E-state index contributed by atoms with van der Waals surface area (Å²) in [5.41, 5.74) is 10.7. The number of anilines is 1. The van der Waals surface area contributed by atoms with Crippen LogP contribution in [0.15, 0.2) is 60.7 Å². The van der Waals surface area contributed by atoms with Crippen molar-refractivity contribution >= 4 is 38.8 Å². The topological polar surface area (TPSA) is 140 Å². The number of hydrogen-bond acceptors (Lipinski definition) is 6. The average molecular weight is 557 g/mol. The number of benzene rings is 2. The minimum atomic E-state index is -3.67. The molecule has 198 valence electrons. The van der Waals surface area contributed by atoms with Crippen LogP contribution in [0.25, 0.3) is 45.2 Å². The van der Waals surface area contributed by atoms with Crippen molar-refractivity contribution in [2.24, 2.45) is 0 Å². The molecule has 0 spiro atoms. The molecule has 0 saturated carbocycles. The normalized spacial score (nSPS) is 11.4. The highest BCUT2D eigenvalue weighted by molar-refractivity contribution is 7.85. The molecular formula is C26H26ClFN6O3S. The average Bonchev–Trinajstić information content (AvgIpc) is 3.42. The molecule has 0 bridgehead atoms. The van der Waals surface area contributed by atoms with Gasteiger partial charge in [0.2, 0.25) is 5.95 Å². The third-order valence-corrected chi connectivity index (χ3v) is 5.88. The lowest BCUT2D eigenvalue weighted by atomic mass is 10.1. The first kappa shape index (κ1) is 27.2. The van der Waals surface area contributed by atoms with Crippen molar-refractivity contribution in [2.45, 2.75) is 26.3 Å². The minimum absolute atomic E-state index is 0.223. The first-order valence-electron chi connectivity index (χ1n) is 11.7. The molecule has 9 nitrogen and oxygen atoms in total. The molecule has 0 atom stereocenters. The quantitative estimate of drug-likeness (QED) is 0.223. The minimum Gasteiger partial charge on any atom is -0.369 e. The van der Waals surface area contributed by atoms with Crippen LogP contribution >= 0.6 is 11.6 Å². The molecule has 0 aliphatic rings. The van der Waals surface area contributed by atoms with E-state index >= 15 is 0 Å². The molecule has 12 heteroatoms. The monoisotopic (exact) mass is 556 g/mol. The molecule has 5 rings (SSSR count). The molecule has 5 aromatic rings. The van der Waals surface area contributed by atoms with Crippen molar-refractivity contribution in [1.29, 1.82) is 0 Å². The summed E-state index contributed by atoms with van der Waals surface area (Å²) in [5, 5.41) is 0.281. The maximum Gasteiger partial charge on any atom is 0.261 e. The third kappa shape index (κ3) is 6.18. The summed E-state index contributed by atoms with van der Waals surface area (Å²) in [4.78, 5) is 17.3. The van der Waals surface area contributed by atoms with E-state index in [0.29, 0.717) is 40.8 Å². The summed E-state index contributed by atoms with van der Waals surface area (Å²) in [6.07, 6.45) is 2.72. The third-order valence-electron chi connectivity index (χ3n) is 5.56. The molecule has 38 heavy (non-hydrogen) atoms. The van der Waals surface area contributed by atoms with E-state index < -0.39 is 15.9 Å². The van der Waals surface area contributed by atoms with Crippen LogP contribution in [-0.4, -0.2) is 43.7 Å². The van der Waals surface area contributed by atoms with Gasteiger partial charge >= 0.3 is 0 Å². The van der Waals surface area contributed by atoms with Crippen molar-refractivity contribution in [3.8, 4) is 34.0 Å². The van der Waals surface area contributed by atoms with Crippen LogP contribution in [0.3, 0.4) is 0 Å². The second-order valence-electron chi connectivity index (χ2n) is 8.52. The molecule has 0 saturated heterocycles. The van der Waals surface area contributed by atoms with Gasteiger partial charge in [0.25, 0.3) is 10.1 Å². The lowest BCUT2D eigenvalue weighted by Crippen LogP contribution is -2.04. The number of nitrogen functional groups attached to an aromatic ring is 1. The summed E-state index contributed by atoms with van der Waals surface area (Å²) in [6, 6.07) is 18.0. The van der Waals surface area contributed by atoms with Gasteiger partial charge < -0.3 is 10.7 Å². The molecule has 3 aromatic heterocycles. The van der Waals surface area contributed by atoms with E-state index in [4.69, 9.17) is 31.9 Å². The number of aryl methyl sites for hydroxylation is 1. The summed E-state index contributed by atoms with van der Waals surface area (Å²) in [5.74, 6) is 0.332. The Labute approximate surface area is 224 Å². The van der Waals surface area contributed by atoms with Gasteiger partial charge in [-0.25, -0.2) is 19.3 Å². The Morgan fingerprint density at radius 3 is 2.42 bits per heavy atom. The van der Waals surface area contributed by atoms with Gasteiger partial charge in [0, 0.05) is 12.1 Å². The number of pyridine rings is 1. The highest BCUT2D eigenvalue weighted by atomic mass is 35.5. The van der Waals surface area contributed by atoms with Crippen LogP contribution in [-0.2, 0) is 16.7 Å². The van der Waals surface area contributed by atoms with Gasteiger partial charge in [-0.15, -0.1) is 0 Å². The number of H-pyrrole nitrogens is 1. The van der Waals surface area contributed by atoms with E-state index in [1.807, 2.05) is 47.0 Å². The Morgan fingerprint density at radius 1 is 1.05 bits per heavy atom. The molecule has 3 heterocycles. The van der Waals surface area contributed by atoms with Gasteiger partial charge in [0.15, 0.2) is 5.65 Å². The van der Waals surface area contributed by atoms with Crippen molar-refractivity contribution in [2.75, 3.05) is 12.0 Å². The van der Waals surface area contributed by atoms with E-state index in [1.54, 1.807) is 12.1 Å². The number of hydrogen-bond donors (Lipinski definition) is 3. The predicted octanol–water partition coefficient (Wildman–Crippen LogP) is 5.83. The second-order valence-corrected chi connectivity index (χ2v) is 10.4. The first-order chi connectivity index (χ1) is 18.1. The SMILES string of the molecule is CCCCn1c(N)nc2ccc(-c3[nH]c(-c4c(F)cccc4Cl)nc3-c3ccccc3)nc21.CS(=O)(=O)O. The maximum atomic E-state index is 14.7. The fraction of sp³-hybridized carbons (Fsp3) is 0.192. The summed E-state index contributed by atoms with van der Waals surface area (Å²) in [6.45, 7) is 2.86. The Bertz CT molecular complexity index is 1660. The van der Waals surface area contributed by atoms with Gasteiger partial charge in [-0.1, -0.05) is 61.3 Å². The molecule has 0 amide bonds. The van der Waals surface area contributed by atoms with Crippen molar-refractivity contribution in [3.63, 3.8) is 0 Å². The van der Waals surface area contributed by atoms with Crippen molar-refractivity contribution in [3.05, 3.63) is 71.5 Å². The van der Waals surface area contributed by atoms with Crippen LogP contribution < -0.4 is 5.73 Å². The van der Waals surface area contributed by atoms with E-state index in [1.165, 1.54) is 6.07 Å². The number of nitrogens with zero attached hydrogens (tertiary/aromatic N) is 4. The fourth-order valence-corrected chi connectivity index (χ4v) is 4.15. The highest BCUT2D eigenvalue weighted by Crippen LogP contribution is 2.36. The smallest absolute Gasteiger partial charge is 0.261 e. The number of fused-ring (bicyclic) bond motifs is 1. The number of imidazole rings is 2. The second kappa shape index (κ2) is 11.3. The molecule has 4 N–H and O–H groups in total. The molecule has 0 fully saturated rings. The zero-order valence-electron chi connectivity index (χ0n) is 20.7. The Balaban J connectivity index is 0.000000617. The van der Waals surface area contributed by atoms with Gasteiger partial charge in [-0.3, -0.25) is 9.12 Å². The number of nitrogens with one attached hydrogen (secondary N) is 1. The molecule has 2 aromatic carbocycles. The van der Waals surface area contributed by atoms with Crippen LogP contribution in [0.5, 0.6) is 0 Å². The van der Waals surface area contributed by atoms with E-state index in [0.717, 1.165) is 30.5 Å². The number of nitrogens with two attached hydrogens (primary N) is 1. The lowest BCUT2D eigenvalue weighted by Gasteiger charge is -2.06. The van der Waals surface area contributed by atoms with Crippen LogP contribution in [0.2, 0.25) is 5.02 Å². The van der Waals surface area contributed by atoms with Gasteiger partial charge in [0.1, 0.15) is 17.2 Å². The standard InChI is InChI=1S/C25H22ClFN6.CH4O3S/c1-2-3-14-33-24-19(30-25(33)28)13-12-18(29-24)22-21(15-8-5-4-6-9-15)31-23(32-22)20-16(26)10-7-11-17(20)27;1-5(2,3)4/h4-13H,2-3,14H2,1H3,(H2,28,30)(H,31,32);1H3,(H,2,3,4). The Morgan fingerprint density at radius 2 is 1.76 bits per heavy atom. The molecule has 0 unspecified atom stereocenters. The predicted molar refractivity (Wildman–Crippen MR) is 148 cm³/mol. The van der Waals surface area contributed by atoms with Gasteiger partial charge in [0.05, 0.1) is 33.9 Å². The largest absolute Gasteiger partial charge is 0.369 e. The van der Waals surface area contributed by atoms with Gasteiger partial charge in [-0.2, -0.15) is 8.42 Å². The summed E-state index contributed by atoms with van der Waals surface area (Å²) >= 11 is 6.33.